The van der Waals surface area contributed by atoms with Crippen LogP contribution in [0.15, 0.2) is 78.9 Å². The molecular formula is C25H26F3NO. The minimum absolute atomic E-state index is 0.0781. The van der Waals surface area contributed by atoms with E-state index in [2.05, 4.69) is 0 Å². The number of nitrogens with zero attached hydrogens (tertiary/aromatic N) is 1. The minimum atomic E-state index is -1.57. The molecule has 0 aliphatic carbocycles. The summed E-state index contributed by atoms with van der Waals surface area (Å²) in [5.74, 6) is -5.26. The van der Waals surface area contributed by atoms with E-state index in [9.17, 15) is 18.0 Å². The lowest BCUT2D eigenvalue weighted by molar-refractivity contribution is 0.0940. The molecule has 2 nitrogen and oxygen atoms in total. The van der Waals surface area contributed by atoms with E-state index in [1.807, 2.05) is 80.5 Å². The number of rotatable bonds is 6. The molecule has 2 atom stereocenters. The molecule has 3 aromatic carbocycles. The summed E-state index contributed by atoms with van der Waals surface area (Å²) in [5.41, 5.74) is 0.604. The largest absolute Gasteiger partial charge is 0.307 e. The highest BCUT2D eigenvalue weighted by Gasteiger charge is 2.26. The summed E-state index contributed by atoms with van der Waals surface area (Å²) in [5, 5.41) is 0. The fraction of sp³-hybridized carbons (Fsp3) is 0.240. The highest BCUT2D eigenvalue weighted by atomic mass is 19.2. The summed E-state index contributed by atoms with van der Waals surface area (Å²) < 4.78 is 40.1. The van der Waals surface area contributed by atoms with E-state index >= 15 is 0 Å². The predicted molar refractivity (Wildman–Crippen MR) is 114 cm³/mol. The zero-order chi connectivity index (χ0) is 22.1. The Bertz CT molecular complexity index is 880. The number of hydrogen-bond acceptors (Lipinski definition) is 2. The maximum Gasteiger partial charge on any atom is 0.194 e. The highest BCUT2D eigenvalue weighted by molar-refractivity contribution is 6.01. The van der Waals surface area contributed by atoms with Gasteiger partial charge in [-0.25, -0.2) is 13.2 Å². The molecule has 0 amide bonds. The fourth-order valence-electron chi connectivity index (χ4n) is 2.92. The molecule has 0 aliphatic rings. The van der Waals surface area contributed by atoms with Gasteiger partial charge in [-0.2, -0.15) is 0 Å². The number of ketones is 1. The number of Topliss-reactive ketones (excluding diaryl/α,β-unsaturated/α-hetero) is 1. The van der Waals surface area contributed by atoms with Gasteiger partial charge >= 0.3 is 0 Å². The lowest BCUT2D eigenvalue weighted by Gasteiger charge is -2.25. The topological polar surface area (TPSA) is 20.3 Å². The van der Waals surface area contributed by atoms with E-state index in [1.165, 1.54) is 0 Å². The second-order valence-corrected chi connectivity index (χ2v) is 7.28. The quantitative estimate of drug-likeness (QED) is 0.360. The molecule has 0 aromatic heterocycles. The van der Waals surface area contributed by atoms with Crippen LogP contribution >= 0.6 is 0 Å². The van der Waals surface area contributed by atoms with E-state index < -0.39 is 29.2 Å². The third-order valence-corrected chi connectivity index (χ3v) is 4.91. The Labute approximate surface area is 176 Å². The molecule has 0 heterocycles. The summed E-state index contributed by atoms with van der Waals surface area (Å²) in [4.78, 5) is 14.8. The van der Waals surface area contributed by atoms with Crippen LogP contribution in [0.5, 0.6) is 0 Å². The number of carbonyl (C=O) groups is 1. The first-order valence-corrected chi connectivity index (χ1v) is 9.71. The van der Waals surface area contributed by atoms with Crippen LogP contribution in [0.2, 0.25) is 0 Å². The molecule has 3 aromatic rings. The average molecular weight is 413 g/mol. The zero-order valence-corrected chi connectivity index (χ0v) is 17.4. The van der Waals surface area contributed by atoms with Crippen LogP contribution in [0.1, 0.15) is 35.2 Å². The molecule has 30 heavy (non-hydrogen) atoms. The third kappa shape index (κ3) is 6.56. The van der Waals surface area contributed by atoms with Gasteiger partial charge in [0, 0.05) is 17.5 Å². The van der Waals surface area contributed by atoms with Crippen LogP contribution in [0.4, 0.5) is 13.2 Å². The van der Waals surface area contributed by atoms with Crippen molar-refractivity contribution in [1.29, 1.82) is 0 Å². The number of halogens is 3. The molecule has 5 heteroatoms. The molecule has 158 valence electrons. The van der Waals surface area contributed by atoms with Gasteiger partial charge in [0.1, 0.15) is 0 Å². The van der Waals surface area contributed by atoms with Crippen LogP contribution in [0, 0.1) is 17.5 Å². The van der Waals surface area contributed by atoms with Gasteiger partial charge in [0.2, 0.25) is 0 Å². The zero-order valence-electron chi connectivity index (χ0n) is 17.4. The second-order valence-electron chi connectivity index (χ2n) is 7.28. The molecule has 0 aliphatic heterocycles. The van der Waals surface area contributed by atoms with Crippen molar-refractivity contribution >= 4 is 5.78 Å². The van der Waals surface area contributed by atoms with E-state index in [1.54, 1.807) is 12.1 Å². The van der Waals surface area contributed by atoms with E-state index in [-0.39, 0.29) is 11.6 Å². The van der Waals surface area contributed by atoms with Gasteiger partial charge in [0.05, 0.1) is 0 Å². The van der Waals surface area contributed by atoms with Crippen LogP contribution in [-0.2, 0) is 0 Å². The van der Waals surface area contributed by atoms with Gasteiger partial charge in [-0.15, -0.1) is 0 Å². The highest BCUT2D eigenvalue weighted by Crippen LogP contribution is 2.28. The Balaban J connectivity index is 0.000000456. The summed E-state index contributed by atoms with van der Waals surface area (Å²) in [7, 11) is 3.79. The Morgan fingerprint density at radius 1 is 0.833 bits per heavy atom. The first-order valence-electron chi connectivity index (χ1n) is 9.71. The Hall–Kier alpha value is -2.92. The molecule has 2 unspecified atom stereocenters. The Morgan fingerprint density at radius 2 is 1.27 bits per heavy atom. The lowest BCUT2D eigenvalue weighted by Crippen LogP contribution is -2.29. The lowest BCUT2D eigenvalue weighted by atomic mass is 9.85. The van der Waals surface area contributed by atoms with Gasteiger partial charge in [-0.05, 0) is 45.1 Å². The van der Waals surface area contributed by atoms with Crippen molar-refractivity contribution < 1.29 is 18.0 Å². The Kier molecular flexibility index (Phi) is 8.81. The molecule has 0 saturated carbocycles. The van der Waals surface area contributed by atoms with E-state index in [4.69, 9.17) is 0 Å². The minimum Gasteiger partial charge on any atom is -0.307 e. The van der Waals surface area contributed by atoms with Gasteiger partial charge in [0.15, 0.2) is 23.2 Å². The summed E-state index contributed by atoms with van der Waals surface area (Å²) in [6.45, 7) is 1.97. The Morgan fingerprint density at radius 3 is 1.70 bits per heavy atom. The van der Waals surface area contributed by atoms with Crippen LogP contribution in [0.3, 0.4) is 0 Å². The first kappa shape index (κ1) is 23.4. The summed E-state index contributed by atoms with van der Waals surface area (Å²) in [6.07, 6.45) is 0.483. The maximum absolute atomic E-state index is 13.5. The van der Waals surface area contributed by atoms with Crippen LogP contribution in [-0.4, -0.2) is 30.8 Å². The van der Waals surface area contributed by atoms with Crippen LogP contribution < -0.4 is 0 Å². The van der Waals surface area contributed by atoms with Gasteiger partial charge in [0.25, 0.3) is 0 Å². The third-order valence-electron chi connectivity index (χ3n) is 4.91. The van der Waals surface area contributed by atoms with Crippen molar-refractivity contribution in [3.8, 4) is 0 Å². The first-order chi connectivity index (χ1) is 14.3. The average Bonchev–Trinajstić information content (AvgIpc) is 2.77. The van der Waals surface area contributed by atoms with Crippen molar-refractivity contribution in [2.24, 2.45) is 0 Å². The van der Waals surface area contributed by atoms with E-state index in [0.29, 0.717) is 6.42 Å². The van der Waals surface area contributed by atoms with Crippen molar-refractivity contribution in [3.63, 3.8) is 0 Å². The number of hydrogen-bond donors (Lipinski definition) is 0. The molecule has 0 saturated heterocycles. The molecular weight excluding hydrogens is 387 g/mol. The monoisotopic (exact) mass is 413 g/mol. The normalized spacial score (nSPS) is 12.6. The maximum atomic E-state index is 13.5. The van der Waals surface area contributed by atoms with Gasteiger partial charge in [-0.3, -0.25) is 4.79 Å². The predicted octanol–water partition coefficient (Wildman–Crippen LogP) is 6.10. The molecule has 3 rings (SSSR count). The number of carbonyl (C=O) groups excluding carboxylic acids is 1. The second kappa shape index (κ2) is 11.3. The van der Waals surface area contributed by atoms with Gasteiger partial charge < -0.3 is 4.90 Å². The van der Waals surface area contributed by atoms with Gasteiger partial charge in [-0.1, -0.05) is 66.7 Å². The molecule has 0 spiro atoms. The van der Waals surface area contributed by atoms with Crippen LogP contribution in [0.25, 0.3) is 0 Å². The molecule has 0 fully saturated rings. The van der Waals surface area contributed by atoms with Crippen molar-refractivity contribution in [2.45, 2.75) is 25.3 Å². The standard InChI is InChI=1S/C19H20F3NO.C6H6/c1-12(23(2)3)9-15(13-7-5-4-6-8-13)19(24)14-10-16(20)18(22)17(21)11-14;1-2-4-6-5-3-1/h4-8,10-12,15H,9H2,1-3H3;1-6H. The molecule has 0 N–H and O–H groups in total. The van der Waals surface area contributed by atoms with Crippen molar-refractivity contribution in [2.75, 3.05) is 14.1 Å². The van der Waals surface area contributed by atoms with Crippen molar-refractivity contribution in [1.82, 2.24) is 4.90 Å². The fourth-order valence-corrected chi connectivity index (χ4v) is 2.92. The molecule has 0 radical (unpaired) electrons. The SMILES string of the molecule is CC(CC(C(=O)c1cc(F)c(F)c(F)c1)c1ccccc1)N(C)C.c1ccccc1. The smallest absolute Gasteiger partial charge is 0.194 e. The van der Waals surface area contributed by atoms with E-state index in [0.717, 1.165) is 17.7 Å². The van der Waals surface area contributed by atoms with Crippen molar-refractivity contribution in [3.05, 3.63) is 107 Å². The summed E-state index contributed by atoms with van der Waals surface area (Å²) >= 11 is 0. The molecule has 0 bridgehead atoms. The summed E-state index contributed by atoms with van der Waals surface area (Å²) in [6, 6.07) is 22.7. The number of benzene rings is 3.